The van der Waals surface area contributed by atoms with Crippen molar-refractivity contribution in [2.75, 3.05) is 32.8 Å². The van der Waals surface area contributed by atoms with Crippen molar-refractivity contribution in [1.29, 1.82) is 0 Å². The van der Waals surface area contributed by atoms with Gasteiger partial charge in [-0.1, -0.05) is 6.92 Å². The fourth-order valence-corrected chi connectivity index (χ4v) is 2.77. The van der Waals surface area contributed by atoms with Crippen molar-refractivity contribution >= 4 is 10.2 Å². The summed E-state index contributed by atoms with van der Waals surface area (Å²) in [6.45, 7) is 5.46. The van der Waals surface area contributed by atoms with Gasteiger partial charge in [0, 0.05) is 19.7 Å². The first-order chi connectivity index (χ1) is 8.64. The number of hydrogen-bond acceptors (Lipinski definition) is 4. The van der Waals surface area contributed by atoms with Crippen LogP contribution in [0.1, 0.15) is 32.6 Å². The molecule has 0 atom stereocenters. The van der Waals surface area contributed by atoms with Crippen molar-refractivity contribution in [2.24, 2.45) is 0 Å². The van der Waals surface area contributed by atoms with Crippen molar-refractivity contribution in [3.63, 3.8) is 0 Å². The van der Waals surface area contributed by atoms with Gasteiger partial charge in [-0.3, -0.25) is 0 Å². The summed E-state index contributed by atoms with van der Waals surface area (Å²) in [7, 11) is -3.31. The molecule has 1 aliphatic rings. The molecule has 1 heterocycles. The van der Waals surface area contributed by atoms with Gasteiger partial charge in [-0.15, -0.1) is 0 Å². The normalized spacial score (nSPS) is 18.1. The molecule has 1 aliphatic heterocycles. The van der Waals surface area contributed by atoms with E-state index in [4.69, 9.17) is 4.74 Å². The number of rotatable bonds is 9. The monoisotopic (exact) mass is 279 g/mol. The van der Waals surface area contributed by atoms with Gasteiger partial charge < -0.3 is 10.1 Å². The Labute approximate surface area is 110 Å². The molecule has 0 aromatic rings. The van der Waals surface area contributed by atoms with Crippen LogP contribution in [-0.2, 0) is 14.9 Å². The Morgan fingerprint density at radius 3 is 2.56 bits per heavy atom. The van der Waals surface area contributed by atoms with Crippen LogP contribution in [0, 0.1) is 0 Å². The van der Waals surface area contributed by atoms with Gasteiger partial charge in [0.05, 0.1) is 6.10 Å². The van der Waals surface area contributed by atoms with Crippen LogP contribution in [0.3, 0.4) is 0 Å². The molecule has 108 valence electrons. The highest BCUT2D eigenvalue weighted by molar-refractivity contribution is 7.87. The number of piperidine rings is 1. The van der Waals surface area contributed by atoms with Crippen LogP contribution < -0.4 is 14.8 Å². The quantitative estimate of drug-likeness (QED) is 0.518. The van der Waals surface area contributed by atoms with Crippen molar-refractivity contribution in [3.8, 4) is 0 Å². The first-order valence-corrected chi connectivity index (χ1v) is 8.19. The van der Waals surface area contributed by atoms with Crippen molar-refractivity contribution in [3.05, 3.63) is 0 Å². The van der Waals surface area contributed by atoms with Crippen LogP contribution in [0.15, 0.2) is 0 Å². The van der Waals surface area contributed by atoms with E-state index in [1.54, 1.807) is 0 Å². The molecule has 0 aliphatic carbocycles. The maximum Gasteiger partial charge on any atom is 0.276 e. The minimum Gasteiger partial charge on any atom is -0.378 e. The van der Waals surface area contributed by atoms with Gasteiger partial charge in [-0.2, -0.15) is 8.42 Å². The minimum absolute atomic E-state index is 0.334. The largest absolute Gasteiger partial charge is 0.378 e. The van der Waals surface area contributed by atoms with E-state index >= 15 is 0 Å². The smallest absolute Gasteiger partial charge is 0.276 e. The van der Waals surface area contributed by atoms with Gasteiger partial charge in [-0.25, -0.2) is 9.44 Å². The Morgan fingerprint density at radius 2 is 1.89 bits per heavy atom. The molecule has 1 saturated heterocycles. The van der Waals surface area contributed by atoms with E-state index in [-0.39, 0.29) is 0 Å². The van der Waals surface area contributed by atoms with Gasteiger partial charge in [0.2, 0.25) is 0 Å². The van der Waals surface area contributed by atoms with Crippen LogP contribution in [-0.4, -0.2) is 47.3 Å². The number of ether oxygens (including phenoxy) is 1. The third-order valence-electron chi connectivity index (χ3n) is 2.80. The average molecular weight is 279 g/mol. The van der Waals surface area contributed by atoms with Gasteiger partial charge in [0.25, 0.3) is 10.2 Å². The first-order valence-electron chi connectivity index (χ1n) is 6.70. The zero-order chi connectivity index (χ0) is 13.3. The van der Waals surface area contributed by atoms with E-state index in [2.05, 4.69) is 14.8 Å². The van der Waals surface area contributed by atoms with E-state index in [0.717, 1.165) is 32.4 Å². The van der Waals surface area contributed by atoms with E-state index in [9.17, 15) is 8.42 Å². The predicted octanol–water partition coefficient (Wildman–Crippen LogP) is -0.0209. The standard InChI is InChI=1S/C11H25N3O3S/c1-2-6-13-18(15,16)14-7-3-10-17-11-4-8-12-9-5-11/h11-14H,2-10H2,1H3. The summed E-state index contributed by atoms with van der Waals surface area (Å²) in [5.74, 6) is 0. The molecule has 0 saturated carbocycles. The first kappa shape index (κ1) is 15.8. The average Bonchev–Trinajstić information content (AvgIpc) is 2.37. The van der Waals surface area contributed by atoms with Gasteiger partial charge in [0.15, 0.2) is 0 Å². The van der Waals surface area contributed by atoms with Crippen LogP contribution in [0.25, 0.3) is 0 Å². The summed E-state index contributed by atoms with van der Waals surface area (Å²) < 4.78 is 33.4. The SMILES string of the molecule is CCCNS(=O)(=O)NCCCOC1CCNCC1. The molecule has 0 unspecified atom stereocenters. The zero-order valence-electron chi connectivity index (χ0n) is 11.1. The van der Waals surface area contributed by atoms with Gasteiger partial charge in [0.1, 0.15) is 0 Å². The summed E-state index contributed by atoms with van der Waals surface area (Å²) in [4.78, 5) is 0. The minimum atomic E-state index is -3.31. The molecule has 7 heteroatoms. The predicted molar refractivity (Wildman–Crippen MR) is 71.7 cm³/mol. The fourth-order valence-electron chi connectivity index (χ4n) is 1.78. The molecule has 0 aromatic heterocycles. The lowest BCUT2D eigenvalue weighted by atomic mass is 10.1. The second kappa shape index (κ2) is 8.82. The molecular weight excluding hydrogens is 254 g/mol. The molecule has 3 N–H and O–H groups in total. The van der Waals surface area contributed by atoms with Crippen molar-refractivity contribution in [2.45, 2.75) is 38.7 Å². The molecule has 0 bridgehead atoms. The summed E-state index contributed by atoms with van der Waals surface area (Å²) >= 11 is 0. The lowest BCUT2D eigenvalue weighted by Gasteiger charge is -2.22. The van der Waals surface area contributed by atoms with Gasteiger partial charge >= 0.3 is 0 Å². The summed E-state index contributed by atoms with van der Waals surface area (Å²) in [6.07, 6.45) is 3.92. The highest BCUT2D eigenvalue weighted by atomic mass is 32.2. The summed E-state index contributed by atoms with van der Waals surface area (Å²) in [5, 5.41) is 3.28. The molecular formula is C11H25N3O3S. The molecule has 6 nitrogen and oxygen atoms in total. The molecule has 0 aromatic carbocycles. The molecule has 0 spiro atoms. The summed E-state index contributed by atoms with van der Waals surface area (Å²) in [6, 6.07) is 0. The second-order valence-electron chi connectivity index (χ2n) is 4.47. The Morgan fingerprint density at radius 1 is 1.22 bits per heavy atom. The van der Waals surface area contributed by atoms with E-state index in [1.165, 1.54) is 0 Å². The highest BCUT2D eigenvalue weighted by Crippen LogP contribution is 2.06. The molecule has 1 fully saturated rings. The lowest BCUT2D eigenvalue weighted by molar-refractivity contribution is 0.0322. The molecule has 1 rings (SSSR count). The fraction of sp³-hybridized carbons (Fsp3) is 1.00. The van der Waals surface area contributed by atoms with E-state index in [0.29, 0.717) is 32.2 Å². The number of hydrogen-bond donors (Lipinski definition) is 3. The van der Waals surface area contributed by atoms with E-state index in [1.807, 2.05) is 6.92 Å². The molecule has 18 heavy (non-hydrogen) atoms. The van der Waals surface area contributed by atoms with Crippen molar-refractivity contribution in [1.82, 2.24) is 14.8 Å². The maximum absolute atomic E-state index is 11.4. The maximum atomic E-state index is 11.4. The Bertz CT molecular complexity index is 303. The van der Waals surface area contributed by atoms with Crippen LogP contribution >= 0.6 is 0 Å². The third-order valence-corrected chi connectivity index (χ3v) is 3.96. The Hall–Kier alpha value is -0.210. The third kappa shape index (κ3) is 7.27. The van der Waals surface area contributed by atoms with E-state index < -0.39 is 10.2 Å². The lowest BCUT2D eigenvalue weighted by Crippen LogP contribution is -2.38. The van der Waals surface area contributed by atoms with Crippen LogP contribution in [0.2, 0.25) is 0 Å². The summed E-state index contributed by atoms with van der Waals surface area (Å²) in [5.41, 5.74) is 0. The van der Waals surface area contributed by atoms with Gasteiger partial charge in [-0.05, 0) is 38.8 Å². The molecule has 0 amide bonds. The highest BCUT2D eigenvalue weighted by Gasteiger charge is 2.13. The van der Waals surface area contributed by atoms with Crippen LogP contribution in [0.5, 0.6) is 0 Å². The molecule has 0 radical (unpaired) electrons. The topological polar surface area (TPSA) is 79.5 Å². The van der Waals surface area contributed by atoms with Crippen LogP contribution in [0.4, 0.5) is 0 Å². The number of nitrogens with one attached hydrogen (secondary N) is 3. The Kier molecular flexibility index (Phi) is 7.76. The zero-order valence-corrected chi connectivity index (χ0v) is 11.9. The van der Waals surface area contributed by atoms with Crippen molar-refractivity contribution < 1.29 is 13.2 Å². The Balaban J connectivity index is 2.00. The second-order valence-corrected chi connectivity index (χ2v) is 6.05.